The van der Waals surface area contributed by atoms with E-state index in [2.05, 4.69) is 19.6 Å². The van der Waals surface area contributed by atoms with Gasteiger partial charge in [-0.15, -0.1) is 12.6 Å². The normalized spacial score (nSPS) is 11.8. The number of unbranched alkanes of at least 4 members (excludes halogenated alkanes) is 1. The van der Waals surface area contributed by atoms with Gasteiger partial charge in [0.15, 0.2) is 0 Å². The van der Waals surface area contributed by atoms with Gasteiger partial charge in [-0.2, -0.15) is 0 Å². The zero-order valence-corrected chi connectivity index (χ0v) is 12.7. The predicted octanol–water partition coefficient (Wildman–Crippen LogP) is 3.01. The van der Waals surface area contributed by atoms with Crippen molar-refractivity contribution >= 4 is 24.6 Å². The molecule has 5 heteroatoms. The number of benzene rings is 1. The SMILES string of the molecule is CCCCc1ccc(C(=O)OC(S)C(=O)OCC)cc1. The summed E-state index contributed by atoms with van der Waals surface area (Å²) in [7, 11) is 0. The summed E-state index contributed by atoms with van der Waals surface area (Å²) in [6.07, 6.45) is 3.24. The van der Waals surface area contributed by atoms with E-state index in [1.807, 2.05) is 12.1 Å². The smallest absolute Gasteiger partial charge is 0.358 e. The van der Waals surface area contributed by atoms with E-state index in [4.69, 9.17) is 9.47 Å². The Kier molecular flexibility index (Phi) is 7.15. The summed E-state index contributed by atoms with van der Waals surface area (Å²) in [6, 6.07) is 7.17. The first kappa shape index (κ1) is 16.6. The minimum absolute atomic E-state index is 0.222. The second kappa shape index (κ2) is 8.64. The minimum Gasteiger partial charge on any atom is -0.463 e. The molecule has 0 spiro atoms. The van der Waals surface area contributed by atoms with Crippen LogP contribution < -0.4 is 0 Å². The van der Waals surface area contributed by atoms with Gasteiger partial charge in [0.05, 0.1) is 12.2 Å². The average molecular weight is 296 g/mol. The number of rotatable bonds is 7. The van der Waals surface area contributed by atoms with Gasteiger partial charge in [0, 0.05) is 0 Å². The zero-order valence-electron chi connectivity index (χ0n) is 11.8. The highest BCUT2D eigenvalue weighted by atomic mass is 32.1. The third kappa shape index (κ3) is 5.25. The van der Waals surface area contributed by atoms with Crippen molar-refractivity contribution in [2.45, 2.75) is 38.5 Å². The van der Waals surface area contributed by atoms with Crippen LogP contribution in [0.5, 0.6) is 0 Å². The predicted molar refractivity (Wildman–Crippen MR) is 79.9 cm³/mol. The molecule has 0 saturated heterocycles. The molecule has 0 aliphatic rings. The Labute approximate surface area is 124 Å². The van der Waals surface area contributed by atoms with Crippen LogP contribution in [0.1, 0.15) is 42.6 Å². The second-order valence-electron chi connectivity index (χ2n) is 4.31. The summed E-state index contributed by atoms with van der Waals surface area (Å²) in [4.78, 5) is 23.1. The lowest BCUT2D eigenvalue weighted by Crippen LogP contribution is -2.24. The Morgan fingerprint density at radius 3 is 2.40 bits per heavy atom. The van der Waals surface area contributed by atoms with Crippen molar-refractivity contribution < 1.29 is 19.1 Å². The van der Waals surface area contributed by atoms with E-state index in [-0.39, 0.29) is 6.61 Å². The van der Waals surface area contributed by atoms with Gasteiger partial charge in [0.25, 0.3) is 0 Å². The fourth-order valence-corrected chi connectivity index (χ4v) is 1.79. The number of carbonyl (C=O) groups is 2. The summed E-state index contributed by atoms with van der Waals surface area (Å²) in [5, 5.41) is 0. The summed E-state index contributed by atoms with van der Waals surface area (Å²) >= 11 is 3.90. The summed E-state index contributed by atoms with van der Waals surface area (Å²) < 4.78 is 9.63. The van der Waals surface area contributed by atoms with Crippen molar-refractivity contribution in [3.63, 3.8) is 0 Å². The number of thiol groups is 1. The van der Waals surface area contributed by atoms with Gasteiger partial charge in [0.1, 0.15) is 0 Å². The van der Waals surface area contributed by atoms with Gasteiger partial charge in [-0.25, -0.2) is 9.59 Å². The highest BCUT2D eigenvalue weighted by Crippen LogP contribution is 2.11. The molecule has 1 rings (SSSR count). The maximum Gasteiger partial charge on any atom is 0.358 e. The monoisotopic (exact) mass is 296 g/mol. The molecule has 1 aromatic rings. The lowest BCUT2D eigenvalue weighted by atomic mass is 10.1. The maximum absolute atomic E-state index is 11.8. The van der Waals surface area contributed by atoms with Crippen LogP contribution in [0.15, 0.2) is 24.3 Å². The first-order chi connectivity index (χ1) is 9.58. The Balaban J connectivity index is 2.57. The molecule has 0 radical (unpaired) electrons. The number of aryl methyl sites for hydroxylation is 1. The van der Waals surface area contributed by atoms with Gasteiger partial charge >= 0.3 is 11.9 Å². The Hall–Kier alpha value is -1.49. The Morgan fingerprint density at radius 2 is 1.85 bits per heavy atom. The lowest BCUT2D eigenvalue weighted by molar-refractivity contribution is -0.148. The van der Waals surface area contributed by atoms with Crippen LogP contribution in [0.25, 0.3) is 0 Å². The standard InChI is InChI=1S/C15H20O4S/c1-3-5-6-11-7-9-12(10-8-11)13(16)19-15(20)14(17)18-4-2/h7-10,15,20H,3-6H2,1-2H3. The third-order valence-electron chi connectivity index (χ3n) is 2.72. The molecule has 0 aromatic heterocycles. The molecule has 1 atom stereocenters. The number of carbonyl (C=O) groups excluding carboxylic acids is 2. The summed E-state index contributed by atoms with van der Waals surface area (Å²) in [5.74, 6) is -1.25. The Bertz CT molecular complexity index is 442. The van der Waals surface area contributed by atoms with Crippen LogP contribution in [0.2, 0.25) is 0 Å². The van der Waals surface area contributed by atoms with Crippen LogP contribution >= 0.6 is 12.6 Å². The Morgan fingerprint density at radius 1 is 1.20 bits per heavy atom. The largest absolute Gasteiger partial charge is 0.463 e. The first-order valence-electron chi connectivity index (χ1n) is 6.73. The number of esters is 2. The molecular formula is C15H20O4S. The molecule has 0 N–H and O–H groups in total. The van der Waals surface area contributed by atoms with Crippen LogP contribution in [0.3, 0.4) is 0 Å². The van der Waals surface area contributed by atoms with Crippen molar-refractivity contribution in [2.24, 2.45) is 0 Å². The highest BCUT2D eigenvalue weighted by Gasteiger charge is 2.20. The average Bonchev–Trinajstić information content (AvgIpc) is 2.45. The van der Waals surface area contributed by atoms with E-state index in [0.29, 0.717) is 5.56 Å². The van der Waals surface area contributed by atoms with Crippen molar-refractivity contribution in [1.82, 2.24) is 0 Å². The van der Waals surface area contributed by atoms with Gasteiger partial charge in [-0.05, 0) is 37.5 Å². The van der Waals surface area contributed by atoms with Gasteiger partial charge < -0.3 is 9.47 Å². The van der Waals surface area contributed by atoms with E-state index in [9.17, 15) is 9.59 Å². The van der Waals surface area contributed by atoms with Crippen molar-refractivity contribution in [2.75, 3.05) is 6.61 Å². The topological polar surface area (TPSA) is 52.6 Å². The van der Waals surface area contributed by atoms with Crippen LogP contribution in [-0.2, 0) is 20.7 Å². The number of hydrogen-bond donors (Lipinski definition) is 1. The van der Waals surface area contributed by atoms with Crippen LogP contribution in [0.4, 0.5) is 0 Å². The van der Waals surface area contributed by atoms with E-state index in [1.165, 1.54) is 5.56 Å². The maximum atomic E-state index is 11.8. The zero-order chi connectivity index (χ0) is 15.0. The van der Waals surface area contributed by atoms with Gasteiger partial charge in [-0.1, -0.05) is 25.5 Å². The molecule has 0 saturated carbocycles. The molecule has 0 amide bonds. The van der Waals surface area contributed by atoms with Crippen molar-refractivity contribution in [1.29, 1.82) is 0 Å². The number of hydrogen-bond acceptors (Lipinski definition) is 5. The molecule has 20 heavy (non-hydrogen) atoms. The summed E-state index contributed by atoms with van der Waals surface area (Å²) in [6.45, 7) is 4.03. The lowest BCUT2D eigenvalue weighted by Gasteiger charge is -2.11. The fraction of sp³-hybridized carbons (Fsp3) is 0.467. The molecule has 0 aliphatic carbocycles. The first-order valence-corrected chi connectivity index (χ1v) is 7.24. The second-order valence-corrected chi connectivity index (χ2v) is 4.78. The quantitative estimate of drug-likeness (QED) is 0.477. The van der Waals surface area contributed by atoms with Gasteiger partial charge in [0.2, 0.25) is 5.44 Å². The molecule has 0 fully saturated rings. The molecular weight excluding hydrogens is 276 g/mol. The van der Waals surface area contributed by atoms with Gasteiger partial charge in [-0.3, -0.25) is 0 Å². The molecule has 4 nitrogen and oxygen atoms in total. The van der Waals surface area contributed by atoms with E-state index >= 15 is 0 Å². The van der Waals surface area contributed by atoms with E-state index in [0.717, 1.165) is 19.3 Å². The highest BCUT2D eigenvalue weighted by molar-refractivity contribution is 7.81. The molecule has 1 aromatic carbocycles. The van der Waals surface area contributed by atoms with Crippen molar-refractivity contribution in [3.8, 4) is 0 Å². The van der Waals surface area contributed by atoms with E-state index < -0.39 is 17.4 Å². The fourth-order valence-electron chi connectivity index (χ4n) is 1.62. The molecule has 0 aliphatic heterocycles. The summed E-state index contributed by atoms with van der Waals surface area (Å²) in [5.41, 5.74) is 0.382. The molecule has 0 heterocycles. The molecule has 0 bridgehead atoms. The van der Waals surface area contributed by atoms with E-state index in [1.54, 1.807) is 19.1 Å². The van der Waals surface area contributed by atoms with Crippen LogP contribution in [0, 0.1) is 0 Å². The van der Waals surface area contributed by atoms with Crippen LogP contribution in [-0.4, -0.2) is 24.0 Å². The molecule has 1 unspecified atom stereocenters. The number of ether oxygens (including phenoxy) is 2. The molecule has 110 valence electrons. The van der Waals surface area contributed by atoms with Crippen molar-refractivity contribution in [3.05, 3.63) is 35.4 Å². The minimum atomic E-state index is -1.19. The third-order valence-corrected chi connectivity index (χ3v) is 3.03.